The molecule has 0 fully saturated rings. The van der Waals surface area contributed by atoms with Crippen molar-refractivity contribution in [2.75, 3.05) is 6.26 Å². The van der Waals surface area contributed by atoms with Crippen molar-refractivity contribution in [3.05, 3.63) is 54.4 Å². The Labute approximate surface area is 88.8 Å². The molecule has 0 unspecified atom stereocenters. The molecular weight excluding hydrogens is 190 g/mol. The van der Waals surface area contributed by atoms with E-state index in [-0.39, 0.29) is 0 Å². The number of hydrogen-bond donors (Lipinski definition) is 0. The largest absolute Gasteiger partial charge is 0.324 e. The van der Waals surface area contributed by atoms with E-state index in [9.17, 15) is 0 Å². The van der Waals surface area contributed by atoms with Crippen molar-refractivity contribution in [2.24, 2.45) is 0 Å². The van der Waals surface area contributed by atoms with E-state index < -0.39 is 0 Å². The van der Waals surface area contributed by atoms with Crippen molar-refractivity contribution in [3.63, 3.8) is 0 Å². The molecule has 0 spiro atoms. The highest BCUT2D eigenvalue weighted by Crippen LogP contribution is 2.13. The fourth-order valence-electron chi connectivity index (χ4n) is 1.44. The van der Waals surface area contributed by atoms with Crippen LogP contribution in [0, 0.1) is 0 Å². The van der Waals surface area contributed by atoms with Gasteiger partial charge in [0.1, 0.15) is 0 Å². The Morgan fingerprint density at radius 2 is 1.71 bits per heavy atom. The molecule has 2 rings (SSSR count). The second-order valence-corrected chi connectivity index (χ2v) is 4.06. The number of benzene rings is 1. The Morgan fingerprint density at radius 1 is 1.07 bits per heavy atom. The van der Waals surface area contributed by atoms with Crippen molar-refractivity contribution < 1.29 is 0 Å². The van der Waals surface area contributed by atoms with Crippen molar-refractivity contribution in [3.8, 4) is 5.69 Å². The third kappa shape index (κ3) is 2.02. The average Bonchev–Trinajstić information content (AvgIpc) is 2.72. The van der Waals surface area contributed by atoms with Crippen LogP contribution in [0.3, 0.4) is 0 Å². The molecular formula is C12H13NS. The number of nitrogens with zero attached hydrogens (tertiary/aromatic N) is 1. The molecule has 1 nitrogen and oxygen atoms in total. The summed E-state index contributed by atoms with van der Waals surface area (Å²) in [4.78, 5) is 0. The first kappa shape index (κ1) is 9.41. The van der Waals surface area contributed by atoms with Crippen LogP contribution in [-0.2, 0) is 5.75 Å². The maximum absolute atomic E-state index is 2.19. The molecule has 0 saturated heterocycles. The van der Waals surface area contributed by atoms with Crippen LogP contribution in [0.4, 0.5) is 0 Å². The normalized spacial score (nSPS) is 10.4. The van der Waals surface area contributed by atoms with Gasteiger partial charge < -0.3 is 4.57 Å². The standard InChI is InChI=1S/C12H13NS/c1-14-10-11-4-6-12(7-5-11)13-8-2-3-9-13/h2-9H,10H2,1H3. The average molecular weight is 203 g/mol. The summed E-state index contributed by atoms with van der Waals surface area (Å²) in [6.07, 6.45) is 6.24. The van der Waals surface area contributed by atoms with E-state index in [1.165, 1.54) is 11.3 Å². The van der Waals surface area contributed by atoms with Gasteiger partial charge >= 0.3 is 0 Å². The van der Waals surface area contributed by atoms with Crippen LogP contribution in [0.1, 0.15) is 5.56 Å². The van der Waals surface area contributed by atoms with Crippen LogP contribution in [0.25, 0.3) is 5.69 Å². The smallest absolute Gasteiger partial charge is 0.0449 e. The Bertz CT molecular complexity index is 375. The summed E-state index contributed by atoms with van der Waals surface area (Å²) < 4.78 is 2.11. The molecule has 0 amide bonds. The maximum atomic E-state index is 2.19. The number of thioether (sulfide) groups is 1. The fraction of sp³-hybridized carbons (Fsp3) is 0.167. The van der Waals surface area contributed by atoms with Crippen LogP contribution in [-0.4, -0.2) is 10.8 Å². The number of hydrogen-bond acceptors (Lipinski definition) is 1. The van der Waals surface area contributed by atoms with Gasteiger partial charge in [0, 0.05) is 23.8 Å². The van der Waals surface area contributed by atoms with Gasteiger partial charge in [0.2, 0.25) is 0 Å². The molecule has 0 saturated carbocycles. The Balaban J connectivity index is 2.22. The van der Waals surface area contributed by atoms with Gasteiger partial charge in [-0.05, 0) is 36.1 Å². The Hall–Kier alpha value is -1.15. The quantitative estimate of drug-likeness (QED) is 0.740. The van der Waals surface area contributed by atoms with E-state index in [0.717, 1.165) is 5.75 Å². The lowest BCUT2D eigenvalue weighted by Crippen LogP contribution is -1.89. The summed E-state index contributed by atoms with van der Waals surface area (Å²) in [5, 5.41) is 0. The van der Waals surface area contributed by atoms with Gasteiger partial charge in [-0.1, -0.05) is 12.1 Å². The molecule has 2 aromatic rings. The lowest BCUT2D eigenvalue weighted by Gasteiger charge is -2.03. The highest BCUT2D eigenvalue weighted by atomic mass is 32.2. The third-order valence-electron chi connectivity index (χ3n) is 2.15. The molecule has 0 N–H and O–H groups in total. The summed E-state index contributed by atoms with van der Waals surface area (Å²) in [6, 6.07) is 12.8. The van der Waals surface area contributed by atoms with E-state index >= 15 is 0 Å². The van der Waals surface area contributed by atoms with Gasteiger partial charge in [-0.25, -0.2) is 0 Å². The SMILES string of the molecule is CSCc1ccc(-n2cccc2)cc1. The molecule has 0 aliphatic heterocycles. The lowest BCUT2D eigenvalue weighted by molar-refractivity contribution is 1.08. The minimum Gasteiger partial charge on any atom is -0.324 e. The first-order valence-electron chi connectivity index (χ1n) is 4.61. The van der Waals surface area contributed by atoms with E-state index in [0.29, 0.717) is 0 Å². The van der Waals surface area contributed by atoms with Gasteiger partial charge in [0.25, 0.3) is 0 Å². The van der Waals surface area contributed by atoms with E-state index in [1.807, 2.05) is 23.9 Å². The molecule has 0 aliphatic carbocycles. The summed E-state index contributed by atoms with van der Waals surface area (Å²) in [5.41, 5.74) is 2.60. The van der Waals surface area contributed by atoms with Crippen molar-refractivity contribution >= 4 is 11.8 Å². The van der Waals surface area contributed by atoms with Crippen molar-refractivity contribution in [1.82, 2.24) is 4.57 Å². The highest BCUT2D eigenvalue weighted by molar-refractivity contribution is 7.97. The minimum atomic E-state index is 1.09. The Morgan fingerprint density at radius 3 is 2.29 bits per heavy atom. The van der Waals surface area contributed by atoms with E-state index in [4.69, 9.17) is 0 Å². The van der Waals surface area contributed by atoms with Crippen LogP contribution in [0.15, 0.2) is 48.8 Å². The zero-order valence-electron chi connectivity index (χ0n) is 8.18. The second-order valence-electron chi connectivity index (χ2n) is 3.19. The third-order valence-corrected chi connectivity index (χ3v) is 2.77. The number of rotatable bonds is 3. The lowest BCUT2D eigenvalue weighted by atomic mass is 10.2. The van der Waals surface area contributed by atoms with E-state index in [2.05, 4.69) is 47.5 Å². The topological polar surface area (TPSA) is 4.93 Å². The first-order chi connectivity index (χ1) is 6.90. The molecule has 1 aromatic heterocycles. The molecule has 0 bridgehead atoms. The van der Waals surface area contributed by atoms with Crippen LogP contribution >= 0.6 is 11.8 Å². The molecule has 1 heterocycles. The predicted octanol–water partition coefficient (Wildman–Crippen LogP) is 3.34. The van der Waals surface area contributed by atoms with Crippen LogP contribution in [0.5, 0.6) is 0 Å². The minimum absolute atomic E-state index is 1.09. The van der Waals surface area contributed by atoms with Gasteiger partial charge in [-0.3, -0.25) is 0 Å². The highest BCUT2D eigenvalue weighted by Gasteiger charge is 1.94. The summed E-state index contributed by atoms with van der Waals surface area (Å²) in [6.45, 7) is 0. The summed E-state index contributed by atoms with van der Waals surface area (Å²) in [7, 11) is 0. The molecule has 0 aliphatic rings. The van der Waals surface area contributed by atoms with Crippen molar-refractivity contribution in [1.29, 1.82) is 0 Å². The van der Waals surface area contributed by atoms with Gasteiger partial charge in [-0.15, -0.1) is 0 Å². The monoisotopic (exact) mass is 203 g/mol. The molecule has 14 heavy (non-hydrogen) atoms. The molecule has 0 radical (unpaired) electrons. The van der Waals surface area contributed by atoms with Gasteiger partial charge in [-0.2, -0.15) is 11.8 Å². The van der Waals surface area contributed by atoms with Gasteiger partial charge in [0.15, 0.2) is 0 Å². The predicted molar refractivity (Wildman–Crippen MR) is 63.0 cm³/mol. The fourth-order valence-corrected chi connectivity index (χ4v) is 1.96. The molecule has 72 valence electrons. The van der Waals surface area contributed by atoms with Gasteiger partial charge in [0.05, 0.1) is 0 Å². The second kappa shape index (κ2) is 4.38. The van der Waals surface area contributed by atoms with Crippen molar-refractivity contribution in [2.45, 2.75) is 5.75 Å². The Kier molecular flexibility index (Phi) is 2.94. The summed E-state index contributed by atoms with van der Waals surface area (Å²) >= 11 is 1.85. The molecule has 1 aromatic carbocycles. The molecule has 0 atom stereocenters. The zero-order chi connectivity index (χ0) is 9.80. The zero-order valence-corrected chi connectivity index (χ0v) is 9.00. The summed E-state index contributed by atoms with van der Waals surface area (Å²) in [5.74, 6) is 1.09. The van der Waals surface area contributed by atoms with Crippen LogP contribution in [0.2, 0.25) is 0 Å². The van der Waals surface area contributed by atoms with Crippen LogP contribution < -0.4 is 0 Å². The number of aromatic nitrogens is 1. The first-order valence-corrected chi connectivity index (χ1v) is 6.01. The molecule has 2 heteroatoms. The van der Waals surface area contributed by atoms with E-state index in [1.54, 1.807) is 0 Å². The maximum Gasteiger partial charge on any atom is 0.0449 e.